The first kappa shape index (κ1) is 49.6. The number of esters is 1. The highest BCUT2D eigenvalue weighted by Crippen LogP contribution is 2.29. The molecule has 324 valence electrons. The van der Waals surface area contributed by atoms with Crippen LogP contribution in [0.25, 0.3) is 0 Å². The summed E-state index contributed by atoms with van der Waals surface area (Å²) < 4.78 is 130. The van der Waals surface area contributed by atoms with Gasteiger partial charge in [-0.25, -0.2) is 13.2 Å². The molecule has 2 aromatic carbocycles. The average molecular weight is 830 g/mol. The summed E-state index contributed by atoms with van der Waals surface area (Å²) >= 11 is 0. The summed E-state index contributed by atoms with van der Waals surface area (Å²) in [6.45, 7) is 8.77. The maximum atomic E-state index is 13.6. The first-order valence-corrected chi connectivity index (χ1v) is 18.2. The monoisotopic (exact) mass is 829 g/mol. The topological polar surface area (TPSA) is 157 Å². The van der Waals surface area contributed by atoms with Gasteiger partial charge >= 0.3 is 5.97 Å². The Balaban J connectivity index is 1.21. The molecule has 20 heteroatoms. The van der Waals surface area contributed by atoms with E-state index in [-0.39, 0.29) is 32.3 Å². The summed E-state index contributed by atoms with van der Waals surface area (Å²) in [4.78, 5) is 22.7. The summed E-state index contributed by atoms with van der Waals surface area (Å²) in [6, 6.07) is 7.10. The summed E-state index contributed by atoms with van der Waals surface area (Å²) in [5.41, 5.74) is 0.711. The number of anilines is 1. The van der Waals surface area contributed by atoms with E-state index in [2.05, 4.69) is 10.1 Å². The molecule has 0 aliphatic carbocycles. The number of halogens is 5. The highest BCUT2D eigenvalue weighted by atomic mass is 19.2. The molecule has 0 saturated heterocycles. The van der Waals surface area contributed by atoms with Gasteiger partial charge in [0, 0.05) is 12.6 Å². The van der Waals surface area contributed by atoms with Gasteiger partial charge in [-0.1, -0.05) is 0 Å². The number of rotatable bonds is 36. The Morgan fingerprint density at radius 3 is 1.07 bits per heavy atom. The van der Waals surface area contributed by atoms with E-state index >= 15 is 0 Å². The second-order valence-electron chi connectivity index (χ2n) is 11.3. The van der Waals surface area contributed by atoms with Crippen LogP contribution in [0.15, 0.2) is 24.3 Å². The number of benzene rings is 2. The molecule has 2 aromatic rings. The normalized spacial score (nSPS) is 11.3. The van der Waals surface area contributed by atoms with Gasteiger partial charge in [-0.15, -0.1) is 0 Å². The van der Waals surface area contributed by atoms with Crippen molar-refractivity contribution in [3.05, 3.63) is 53.4 Å². The van der Waals surface area contributed by atoms with Crippen molar-refractivity contribution in [1.29, 1.82) is 0 Å². The zero-order valence-electron chi connectivity index (χ0n) is 32.0. The number of hydrogen-bond acceptors (Lipinski definition) is 14. The van der Waals surface area contributed by atoms with E-state index in [0.717, 1.165) is 0 Å². The molecule has 0 bridgehead atoms. The molecule has 0 aliphatic rings. The van der Waals surface area contributed by atoms with Gasteiger partial charge in [-0.3, -0.25) is 9.59 Å². The van der Waals surface area contributed by atoms with Crippen molar-refractivity contribution in [2.75, 3.05) is 144 Å². The Hall–Kier alpha value is -3.57. The Morgan fingerprint density at radius 2 is 0.737 bits per heavy atom. The lowest BCUT2D eigenvalue weighted by atomic mass is 10.2. The predicted octanol–water partition coefficient (Wildman–Crippen LogP) is 3.88. The number of nitrogens with one attached hydrogen (secondary N) is 1. The van der Waals surface area contributed by atoms with Crippen molar-refractivity contribution in [2.45, 2.75) is 13.3 Å². The van der Waals surface area contributed by atoms with Crippen LogP contribution in [-0.4, -0.2) is 151 Å². The standard InChI is InChI=1S/C37H52F5NO14/c1-28(44)43-29-2-4-30(5-3-29)56-27-26-55-25-24-54-23-22-53-21-20-52-19-18-51-17-16-50-15-14-49-13-12-48-11-10-47-9-8-46-7-6-31(45)57-37-35(41)33(39)32(38)34(40)36(37)42/h2-5H,6-27H2,1H3,(H,43,44). The summed E-state index contributed by atoms with van der Waals surface area (Å²) in [6.07, 6.45) is -0.492. The van der Waals surface area contributed by atoms with E-state index in [9.17, 15) is 31.5 Å². The Labute approximate surface area is 328 Å². The minimum atomic E-state index is -2.35. The molecule has 57 heavy (non-hydrogen) atoms. The largest absolute Gasteiger partial charge is 0.491 e. The number of carbonyl (C=O) groups excluding carboxylic acids is 2. The van der Waals surface area contributed by atoms with Gasteiger partial charge in [-0.05, 0) is 24.3 Å². The highest BCUT2D eigenvalue weighted by molar-refractivity contribution is 5.88. The second-order valence-corrected chi connectivity index (χ2v) is 11.3. The average Bonchev–Trinajstić information content (AvgIpc) is 3.20. The maximum absolute atomic E-state index is 13.6. The van der Waals surface area contributed by atoms with Crippen LogP contribution in [0.5, 0.6) is 11.5 Å². The van der Waals surface area contributed by atoms with Crippen LogP contribution in [-0.2, 0) is 57.0 Å². The molecular weight excluding hydrogens is 777 g/mol. The van der Waals surface area contributed by atoms with Crippen LogP contribution >= 0.6 is 0 Å². The molecule has 1 N–H and O–H groups in total. The van der Waals surface area contributed by atoms with Crippen molar-refractivity contribution in [2.24, 2.45) is 0 Å². The van der Waals surface area contributed by atoms with Crippen molar-refractivity contribution >= 4 is 17.6 Å². The fraction of sp³-hybridized carbons (Fsp3) is 0.622. The van der Waals surface area contributed by atoms with Gasteiger partial charge < -0.3 is 62.2 Å². The van der Waals surface area contributed by atoms with Crippen LogP contribution in [0.2, 0.25) is 0 Å². The molecule has 0 saturated carbocycles. The van der Waals surface area contributed by atoms with Gasteiger partial charge in [0.2, 0.25) is 40.7 Å². The van der Waals surface area contributed by atoms with Crippen molar-refractivity contribution < 1.29 is 88.4 Å². The third-order valence-corrected chi connectivity index (χ3v) is 6.86. The Morgan fingerprint density at radius 1 is 0.439 bits per heavy atom. The lowest BCUT2D eigenvalue weighted by Crippen LogP contribution is -2.16. The van der Waals surface area contributed by atoms with Crippen LogP contribution < -0.4 is 14.8 Å². The summed E-state index contributed by atoms with van der Waals surface area (Å²) in [5, 5.41) is 2.69. The lowest BCUT2D eigenvalue weighted by molar-refractivity contribution is -0.136. The molecule has 15 nitrogen and oxygen atoms in total. The molecule has 2 rings (SSSR count). The van der Waals surface area contributed by atoms with Crippen molar-refractivity contribution in [1.82, 2.24) is 0 Å². The van der Waals surface area contributed by atoms with Crippen LogP contribution in [0.1, 0.15) is 13.3 Å². The molecule has 0 unspecified atom stereocenters. The van der Waals surface area contributed by atoms with Gasteiger partial charge in [0.1, 0.15) is 12.4 Å². The van der Waals surface area contributed by atoms with Crippen molar-refractivity contribution in [3.8, 4) is 11.5 Å². The molecule has 0 fully saturated rings. The van der Waals surface area contributed by atoms with Crippen LogP contribution in [0.3, 0.4) is 0 Å². The zero-order valence-corrected chi connectivity index (χ0v) is 32.0. The molecule has 0 atom stereocenters. The number of ether oxygens (including phenoxy) is 12. The fourth-order valence-corrected chi connectivity index (χ4v) is 4.13. The van der Waals surface area contributed by atoms with E-state index < -0.39 is 47.2 Å². The van der Waals surface area contributed by atoms with E-state index in [1.54, 1.807) is 24.3 Å². The summed E-state index contributed by atoms with van der Waals surface area (Å²) in [7, 11) is 0. The Bertz CT molecular complexity index is 1350. The van der Waals surface area contributed by atoms with E-state index in [1.165, 1.54) is 6.92 Å². The quantitative estimate of drug-likeness (QED) is 0.0264. The molecule has 0 heterocycles. The number of carbonyl (C=O) groups is 2. The van der Waals surface area contributed by atoms with Gasteiger partial charge in [0.15, 0.2) is 0 Å². The lowest BCUT2D eigenvalue weighted by Gasteiger charge is -2.09. The zero-order chi connectivity index (χ0) is 41.4. The minimum absolute atomic E-state index is 0.0745. The van der Waals surface area contributed by atoms with E-state index in [4.69, 9.17) is 52.1 Å². The SMILES string of the molecule is CC(=O)Nc1ccc(OCCOCCOCCOCCOCCOCCOCCOCCOCCOCCOCCC(=O)Oc2c(F)c(F)c(F)c(F)c2F)cc1. The number of hydrogen-bond donors (Lipinski definition) is 1. The highest BCUT2D eigenvalue weighted by Gasteiger charge is 2.28. The van der Waals surface area contributed by atoms with Crippen LogP contribution in [0.4, 0.5) is 27.6 Å². The minimum Gasteiger partial charge on any atom is -0.491 e. The third-order valence-electron chi connectivity index (χ3n) is 6.86. The van der Waals surface area contributed by atoms with Gasteiger partial charge in [0.05, 0.1) is 139 Å². The molecule has 0 aliphatic heterocycles. The van der Waals surface area contributed by atoms with E-state index in [0.29, 0.717) is 124 Å². The van der Waals surface area contributed by atoms with Crippen LogP contribution in [0, 0.1) is 29.1 Å². The van der Waals surface area contributed by atoms with Gasteiger partial charge in [-0.2, -0.15) is 8.78 Å². The molecule has 0 radical (unpaired) electrons. The number of amides is 1. The summed E-state index contributed by atoms with van der Waals surface area (Å²) in [5.74, 6) is -13.6. The Kier molecular flexibility index (Phi) is 28.2. The predicted molar refractivity (Wildman–Crippen MR) is 191 cm³/mol. The first-order valence-electron chi connectivity index (χ1n) is 18.2. The molecule has 0 aromatic heterocycles. The molecule has 1 amide bonds. The van der Waals surface area contributed by atoms with Gasteiger partial charge in [0.25, 0.3) is 0 Å². The fourth-order valence-electron chi connectivity index (χ4n) is 4.13. The van der Waals surface area contributed by atoms with Crippen molar-refractivity contribution in [3.63, 3.8) is 0 Å². The maximum Gasteiger partial charge on any atom is 0.313 e. The van der Waals surface area contributed by atoms with E-state index in [1.807, 2.05) is 0 Å². The molecule has 0 spiro atoms. The smallest absolute Gasteiger partial charge is 0.313 e. The molecular formula is C37H52F5NO14. The third kappa shape index (κ3) is 24.1. The first-order chi connectivity index (χ1) is 27.7. The second kappa shape index (κ2) is 32.4.